The van der Waals surface area contributed by atoms with Gasteiger partial charge in [0.2, 0.25) is 0 Å². The molecular weight excluding hydrogens is 353 g/mol. The number of ether oxygens (including phenoxy) is 1. The molecule has 0 spiro atoms. The van der Waals surface area contributed by atoms with Gasteiger partial charge in [0.1, 0.15) is 17.7 Å². The first kappa shape index (κ1) is 19.6. The maximum absolute atomic E-state index is 14.0. The van der Waals surface area contributed by atoms with Crippen molar-refractivity contribution in [3.8, 4) is 5.75 Å². The van der Waals surface area contributed by atoms with Gasteiger partial charge in [-0.3, -0.25) is 0 Å². The Bertz CT molecular complexity index is 825. The molecule has 1 fully saturated rings. The van der Waals surface area contributed by atoms with Crippen LogP contribution in [0.4, 0.5) is 14.6 Å². The summed E-state index contributed by atoms with van der Waals surface area (Å²) in [5, 5.41) is 0. The molecule has 1 aromatic heterocycles. The van der Waals surface area contributed by atoms with Crippen molar-refractivity contribution in [2.75, 3.05) is 5.73 Å². The quantitative estimate of drug-likeness (QED) is 0.829. The summed E-state index contributed by atoms with van der Waals surface area (Å²) in [5.41, 5.74) is 5.31. The molecule has 1 atom stereocenters. The first-order valence-corrected chi connectivity index (χ1v) is 8.73. The predicted molar refractivity (Wildman–Crippen MR) is 99.8 cm³/mol. The molecule has 2 N–H and O–H groups in total. The van der Waals surface area contributed by atoms with Crippen LogP contribution in [0.3, 0.4) is 0 Å². The summed E-state index contributed by atoms with van der Waals surface area (Å²) in [4.78, 5) is 4.12. The fraction of sp³-hybridized carbons (Fsp3) is 0.421. The molecule has 0 amide bonds. The Hall–Kier alpha value is -2.19. The van der Waals surface area contributed by atoms with Crippen LogP contribution >= 0.6 is 0 Å². The van der Waals surface area contributed by atoms with Crippen LogP contribution in [0.25, 0.3) is 0 Å². The van der Waals surface area contributed by atoms with Gasteiger partial charge >= 0.3 is 7.12 Å². The van der Waals surface area contributed by atoms with Gasteiger partial charge < -0.3 is 19.8 Å². The highest BCUT2D eigenvalue weighted by atomic mass is 19.1. The minimum atomic E-state index is -0.899. The van der Waals surface area contributed by atoms with E-state index in [-0.39, 0.29) is 17.1 Å². The molecule has 0 aliphatic carbocycles. The molecule has 1 aliphatic rings. The van der Waals surface area contributed by atoms with E-state index < -0.39 is 36.1 Å². The van der Waals surface area contributed by atoms with Gasteiger partial charge in [0.05, 0.1) is 16.8 Å². The third kappa shape index (κ3) is 3.64. The second-order valence-electron chi connectivity index (χ2n) is 7.64. The maximum atomic E-state index is 14.0. The minimum absolute atomic E-state index is 0.110. The van der Waals surface area contributed by atoms with E-state index in [1.807, 2.05) is 27.7 Å². The van der Waals surface area contributed by atoms with Crippen LogP contribution < -0.4 is 15.9 Å². The van der Waals surface area contributed by atoms with Crippen LogP contribution in [-0.4, -0.2) is 23.3 Å². The normalized spacial score (nSPS) is 19.1. The third-order valence-electron chi connectivity index (χ3n) is 5.14. The first-order valence-electron chi connectivity index (χ1n) is 8.73. The lowest BCUT2D eigenvalue weighted by molar-refractivity contribution is 0.00578. The fourth-order valence-corrected chi connectivity index (χ4v) is 2.82. The molecule has 5 nitrogen and oxygen atoms in total. The second-order valence-corrected chi connectivity index (χ2v) is 7.64. The molecule has 0 radical (unpaired) electrons. The monoisotopic (exact) mass is 376 g/mol. The Balaban J connectivity index is 1.87. The SMILES string of the molecule is CC(Oc1cc(B2OC(C)(C)C(C)(C)O2)cnc1N)c1c(F)cccc1F. The van der Waals surface area contributed by atoms with Gasteiger partial charge in [-0.05, 0) is 52.8 Å². The molecule has 2 aromatic rings. The van der Waals surface area contributed by atoms with E-state index in [0.717, 1.165) is 0 Å². The number of nitrogens with zero attached hydrogens (tertiary/aromatic N) is 1. The number of rotatable bonds is 4. The zero-order chi connectivity index (χ0) is 20.0. The molecule has 1 saturated heterocycles. The number of nitrogens with two attached hydrogens (primary N) is 1. The second kappa shape index (κ2) is 6.76. The lowest BCUT2D eigenvalue weighted by Gasteiger charge is -2.32. The van der Waals surface area contributed by atoms with Crippen LogP contribution in [0.1, 0.15) is 46.3 Å². The molecule has 3 rings (SSSR count). The smallest absolute Gasteiger partial charge is 0.482 e. The highest BCUT2D eigenvalue weighted by molar-refractivity contribution is 6.62. The van der Waals surface area contributed by atoms with Gasteiger partial charge in [-0.15, -0.1) is 0 Å². The highest BCUT2D eigenvalue weighted by Gasteiger charge is 2.52. The van der Waals surface area contributed by atoms with Crippen molar-refractivity contribution < 1.29 is 22.8 Å². The van der Waals surface area contributed by atoms with E-state index >= 15 is 0 Å². The maximum Gasteiger partial charge on any atom is 0.496 e. The number of aromatic nitrogens is 1. The van der Waals surface area contributed by atoms with Gasteiger partial charge in [-0.1, -0.05) is 6.07 Å². The Kier molecular flexibility index (Phi) is 4.90. The summed E-state index contributed by atoms with van der Waals surface area (Å²) in [6, 6.07) is 5.29. The molecule has 1 aliphatic heterocycles. The van der Waals surface area contributed by atoms with Crippen molar-refractivity contribution in [1.82, 2.24) is 4.98 Å². The molecule has 144 valence electrons. The zero-order valence-electron chi connectivity index (χ0n) is 16.0. The average Bonchev–Trinajstić information content (AvgIpc) is 2.77. The molecular formula is C19H23BF2N2O3. The van der Waals surface area contributed by atoms with E-state index in [0.29, 0.717) is 5.46 Å². The summed E-state index contributed by atoms with van der Waals surface area (Å²) in [6.07, 6.45) is 0.641. The lowest BCUT2D eigenvalue weighted by Crippen LogP contribution is -2.41. The first-order chi connectivity index (χ1) is 12.5. The van der Waals surface area contributed by atoms with E-state index in [2.05, 4.69) is 4.98 Å². The Labute approximate surface area is 158 Å². The molecule has 2 heterocycles. The Morgan fingerprint density at radius 3 is 2.22 bits per heavy atom. The largest absolute Gasteiger partial charge is 0.496 e. The highest BCUT2D eigenvalue weighted by Crippen LogP contribution is 2.37. The van der Waals surface area contributed by atoms with Crippen molar-refractivity contribution in [2.24, 2.45) is 0 Å². The average molecular weight is 376 g/mol. The van der Waals surface area contributed by atoms with Gasteiger partial charge in [0, 0.05) is 11.7 Å². The van der Waals surface area contributed by atoms with Crippen molar-refractivity contribution in [2.45, 2.75) is 51.9 Å². The van der Waals surface area contributed by atoms with E-state index in [4.69, 9.17) is 19.8 Å². The molecule has 1 aromatic carbocycles. The summed E-state index contributed by atoms with van der Waals surface area (Å²) >= 11 is 0. The van der Waals surface area contributed by atoms with Crippen LogP contribution in [0.2, 0.25) is 0 Å². The molecule has 1 unspecified atom stereocenters. The van der Waals surface area contributed by atoms with Crippen molar-refractivity contribution in [3.63, 3.8) is 0 Å². The van der Waals surface area contributed by atoms with E-state index in [1.54, 1.807) is 19.2 Å². The number of nitrogen functional groups attached to an aromatic ring is 1. The summed E-state index contributed by atoms with van der Waals surface area (Å²) in [7, 11) is -0.647. The topological polar surface area (TPSA) is 66.6 Å². The van der Waals surface area contributed by atoms with Crippen LogP contribution in [-0.2, 0) is 9.31 Å². The number of hydrogen-bond acceptors (Lipinski definition) is 5. The molecule has 8 heteroatoms. The number of anilines is 1. The summed E-state index contributed by atoms with van der Waals surface area (Å²) in [5.74, 6) is -1.05. The van der Waals surface area contributed by atoms with Gasteiger partial charge in [-0.25, -0.2) is 13.8 Å². The predicted octanol–water partition coefficient (Wildman–Crippen LogP) is 3.38. The van der Waals surface area contributed by atoms with Gasteiger partial charge in [0.25, 0.3) is 0 Å². The lowest BCUT2D eigenvalue weighted by atomic mass is 9.80. The van der Waals surface area contributed by atoms with Gasteiger partial charge in [0.15, 0.2) is 11.6 Å². The molecule has 27 heavy (non-hydrogen) atoms. The van der Waals surface area contributed by atoms with Crippen molar-refractivity contribution in [1.29, 1.82) is 0 Å². The number of pyridine rings is 1. The van der Waals surface area contributed by atoms with Gasteiger partial charge in [-0.2, -0.15) is 0 Å². The van der Waals surface area contributed by atoms with E-state index in [9.17, 15) is 8.78 Å². The number of hydrogen-bond donors (Lipinski definition) is 1. The summed E-state index contributed by atoms with van der Waals surface area (Å²) in [6.45, 7) is 9.31. The van der Waals surface area contributed by atoms with Crippen molar-refractivity contribution in [3.05, 3.63) is 47.7 Å². The van der Waals surface area contributed by atoms with E-state index in [1.165, 1.54) is 18.2 Å². The van der Waals surface area contributed by atoms with Crippen LogP contribution in [0.5, 0.6) is 5.75 Å². The summed E-state index contributed by atoms with van der Waals surface area (Å²) < 4.78 is 45.7. The standard InChI is InChI=1S/C19H23BF2N2O3/c1-11(16-13(21)7-6-8-14(16)22)25-15-9-12(10-24-17(15)23)20-26-18(2,3)19(4,5)27-20/h6-11H,1-5H3,(H2,23,24). The number of benzene rings is 1. The third-order valence-corrected chi connectivity index (χ3v) is 5.14. The minimum Gasteiger partial charge on any atom is -0.482 e. The van der Waals surface area contributed by atoms with Crippen LogP contribution in [0.15, 0.2) is 30.5 Å². The fourth-order valence-electron chi connectivity index (χ4n) is 2.82. The number of halogens is 2. The molecule has 0 saturated carbocycles. The van der Waals surface area contributed by atoms with Crippen LogP contribution in [0, 0.1) is 11.6 Å². The van der Waals surface area contributed by atoms with Crippen molar-refractivity contribution >= 4 is 18.4 Å². The Morgan fingerprint density at radius 2 is 1.67 bits per heavy atom. The zero-order valence-corrected chi connectivity index (χ0v) is 16.0. The molecule has 0 bridgehead atoms. The Morgan fingerprint density at radius 1 is 1.11 bits per heavy atom.